The van der Waals surface area contributed by atoms with Crippen LogP contribution in [0.2, 0.25) is 0 Å². The molecule has 0 bridgehead atoms. The largest absolute Gasteiger partial charge is 0.457 e. The van der Waals surface area contributed by atoms with Gasteiger partial charge < -0.3 is 10.1 Å². The predicted octanol–water partition coefficient (Wildman–Crippen LogP) is 4.61. The van der Waals surface area contributed by atoms with E-state index in [-0.39, 0.29) is 13.0 Å². The highest BCUT2D eigenvalue weighted by Gasteiger charge is 2.27. The van der Waals surface area contributed by atoms with Crippen LogP contribution in [0.15, 0.2) is 97.1 Å². The van der Waals surface area contributed by atoms with E-state index in [4.69, 9.17) is 4.74 Å². The van der Waals surface area contributed by atoms with Crippen LogP contribution in [-0.2, 0) is 22.6 Å². The molecule has 0 aliphatic heterocycles. The van der Waals surface area contributed by atoms with Gasteiger partial charge in [0.25, 0.3) is 5.91 Å². The Bertz CT molecular complexity index is 1250. The Kier molecular flexibility index (Phi) is 6.97. The number of para-hydroxylation sites is 1. The quantitative estimate of drug-likeness (QED) is 0.212. The molecule has 6 nitrogen and oxygen atoms in total. The average Bonchev–Trinajstić information content (AvgIpc) is 2.86. The fourth-order valence-corrected chi connectivity index (χ4v) is 3.73. The van der Waals surface area contributed by atoms with Crippen LogP contribution in [0.5, 0.6) is 11.5 Å². The third-order valence-electron chi connectivity index (χ3n) is 5.39. The summed E-state index contributed by atoms with van der Waals surface area (Å²) in [6.07, 6.45) is 0.111. The van der Waals surface area contributed by atoms with Gasteiger partial charge >= 0.3 is 0 Å². The van der Waals surface area contributed by atoms with E-state index in [9.17, 15) is 14.8 Å². The maximum absolute atomic E-state index is 12.9. The molecule has 1 atom stereocenters. The van der Waals surface area contributed by atoms with Crippen molar-refractivity contribution in [1.29, 1.82) is 0 Å². The number of hydrogen-bond acceptors (Lipinski definition) is 4. The first kappa shape index (κ1) is 22.0. The Morgan fingerprint density at radius 3 is 2.30 bits per heavy atom. The molecule has 0 radical (unpaired) electrons. The summed E-state index contributed by atoms with van der Waals surface area (Å²) in [5.74, 6) is -1.05. The molecule has 4 aromatic carbocycles. The molecule has 0 spiro atoms. The van der Waals surface area contributed by atoms with Crippen molar-refractivity contribution in [3.8, 4) is 11.5 Å². The Balaban J connectivity index is 1.47. The van der Waals surface area contributed by atoms with Crippen LogP contribution in [-0.4, -0.2) is 17.0 Å². The van der Waals surface area contributed by atoms with Gasteiger partial charge in [-0.3, -0.25) is 14.8 Å². The van der Waals surface area contributed by atoms with E-state index in [1.54, 1.807) is 23.7 Å². The number of amides is 2. The molecule has 33 heavy (non-hydrogen) atoms. The summed E-state index contributed by atoms with van der Waals surface area (Å²) >= 11 is 0. The second-order valence-corrected chi connectivity index (χ2v) is 7.65. The zero-order chi connectivity index (χ0) is 23.0. The van der Waals surface area contributed by atoms with Crippen LogP contribution in [0.25, 0.3) is 10.8 Å². The van der Waals surface area contributed by atoms with Crippen LogP contribution in [0.1, 0.15) is 11.1 Å². The van der Waals surface area contributed by atoms with Crippen molar-refractivity contribution in [2.45, 2.75) is 13.0 Å². The predicted molar refractivity (Wildman–Crippen MR) is 126 cm³/mol. The van der Waals surface area contributed by atoms with Gasteiger partial charge in [0.1, 0.15) is 17.4 Å². The van der Waals surface area contributed by atoms with Crippen molar-refractivity contribution in [2.24, 2.45) is 5.92 Å². The van der Waals surface area contributed by atoms with E-state index >= 15 is 0 Å². The number of ether oxygens (including phenoxy) is 1. The molecule has 0 aromatic heterocycles. The van der Waals surface area contributed by atoms with Crippen molar-refractivity contribution in [3.05, 3.63) is 108 Å². The highest BCUT2D eigenvalue weighted by molar-refractivity contribution is 6.00. The minimum atomic E-state index is -1.10. The number of nitrogens with one attached hydrogen (secondary N) is 2. The summed E-state index contributed by atoms with van der Waals surface area (Å²) in [7, 11) is 0. The minimum Gasteiger partial charge on any atom is -0.457 e. The third-order valence-corrected chi connectivity index (χ3v) is 5.39. The van der Waals surface area contributed by atoms with Crippen LogP contribution in [0.3, 0.4) is 0 Å². The third kappa shape index (κ3) is 5.56. The first-order chi connectivity index (χ1) is 16.1. The zero-order valence-corrected chi connectivity index (χ0v) is 17.9. The molecular formula is C27H24N2O4. The van der Waals surface area contributed by atoms with Gasteiger partial charge in [0.15, 0.2) is 0 Å². The van der Waals surface area contributed by atoms with Gasteiger partial charge in [0.2, 0.25) is 5.91 Å². The van der Waals surface area contributed by atoms with Crippen LogP contribution >= 0.6 is 0 Å². The first-order valence-electron chi connectivity index (χ1n) is 10.6. The van der Waals surface area contributed by atoms with Crippen molar-refractivity contribution < 1.29 is 19.5 Å². The Hall–Kier alpha value is -4.16. The summed E-state index contributed by atoms with van der Waals surface area (Å²) in [5, 5.41) is 14.2. The lowest BCUT2D eigenvalue weighted by molar-refractivity contribution is -0.140. The molecule has 6 heteroatoms. The topological polar surface area (TPSA) is 87.7 Å². The molecule has 4 aromatic rings. The number of fused-ring (bicyclic) bond motifs is 1. The lowest BCUT2D eigenvalue weighted by Gasteiger charge is -2.16. The lowest BCUT2D eigenvalue weighted by Crippen LogP contribution is -2.41. The molecule has 0 fully saturated rings. The maximum Gasteiger partial charge on any atom is 0.256 e. The fraction of sp³-hybridized carbons (Fsp3) is 0.111. The molecule has 1 unspecified atom stereocenters. The number of rotatable bonds is 8. The number of carbonyl (C=O) groups is 2. The monoisotopic (exact) mass is 440 g/mol. The Labute approximate surface area is 191 Å². The van der Waals surface area contributed by atoms with Gasteiger partial charge in [-0.05, 0) is 52.6 Å². The minimum absolute atomic E-state index is 0.111. The van der Waals surface area contributed by atoms with Crippen LogP contribution in [0.4, 0.5) is 0 Å². The molecule has 166 valence electrons. The fourth-order valence-electron chi connectivity index (χ4n) is 3.73. The Morgan fingerprint density at radius 2 is 1.48 bits per heavy atom. The normalized spacial score (nSPS) is 11.5. The standard InChI is InChI=1S/C27H24N2O4/c30-26(28-18-21-11-7-10-20-9-4-5-15-24(20)21)25(27(31)29-32)17-19-8-6-14-23(16-19)33-22-12-2-1-3-13-22/h1-16,25,32H,17-18H2,(H,28,30)(H,29,31). The maximum atomic E-state index is 12.9. The SMILES string of the molecule is O=C(NO)C(Cc1cccc(Oc2ccccc2)c1)C(=O)NCc1cccc2ccccc12. The summed E-state index contributed by atoms with van der Waals surface area (Å²) in [6.45, 7) is 0.270. The summed E-state index contributed by atoms with van der Waals surface area (Å²) in [4.78, 5) is 25.2. The Morgan fingerprint density at radius 1 is 0.788 bits per heavy atom. The molecule has 0 aliphatic carbocycles. The van der Waals surface area contributed by atoms with Crippen LogP contribution in [0, 0.1) is 5.92 Å². The van der Waals surface area contributed by atoms with Crippen molar-refractivity contribution in [2.75, 3.05) is 0 Å². The second-order valence-electron chi connectivity index (χ2n) is 7.65. The number of hydrogen-bond donors (Lipinski definition) is 3. The summed E-state index contributed by atoms with van der Waals surface area (Å²) < 4.78 is 5.84. The number of carbonyl (C=O) groups excluding carboxylic acids is 2. The van der Waals surface area contributed by atoms with E-state index in [0.717, 1.165) is 21.9 Å². The molecular weight excluding hydrogens is 416 g/mol. The van der Waals surface area contributed by atoms with E-state index < -0.39 is 17.7 Å². The first-order valence-corrected chi connectivity index (χ1v) is 10.6. The highest BCUT2D eigenvalue weighted by atomic mass is 16.5. The van der Waals surface area contributed by atoms with Gasteiger partial charge in [-0.15, -0.1) is 0 Å². The zero-order valence-electron chi connectivity index (χ0n) is 17.9. The van der Waals surface area contributed by atoms with Gasteiger partial charge in [0.05, 0.1) is 0 Å². The highest BCUT2D eigenvalue weighted by Crippen LogP contribution is 2.23. The molecule has 0 saturated carbocycles. The molecule has 0 aliphatic rings. The summed E-state index contributed by atoms with van der Waals surface area (Å²) in [6, 6.07) is 30.3. The van der Waals surface area contributed by atoms with Crippen molar-refractivity contribution >= 4 is 22.6 Å². The van der Waals surface area contributed by atoms with E-state index in [2.05, 4.69) is 5.32 Å². The molecule has 4 rings (SSSR count). The average molecular weight is 440 g/mol. The van der Waals surface area contributed by atoms with E-state index in [0.29, 0.717) is 11.5 Å². The van der Waals surface area contributed by atoms with Crippen molar-refractivity contribution in [3.63, 3.8) is 0 Å². The van der Waals surface area contributed by atoms with Gasteiger partial charge in [-0.2, -0.15) is 0 Å². The smallest absolute Gasteiger partial charge is 0.256 e. The lowest BCUT2D eigenvalue weighted by atomic mass is 9.97. The second kappa shape index (κ2) is 10.4. The van der Waals surface area contributed by atoms with Crippen LogP contribution < -0.4 is 15.5 Å². The van der Waals surface area contributed by atoms with Gasteiger partial charge in [-0.25, -0.2) is 5.48 Å². The summed E-state index contributed by atoms with van der Waals surface area (Å²) in [5.41, 5.74) is 3.30. The molecule has 2 amide bonds. The van der Waals surface area contributed by atoms with E-state index in [1.807, 2.05) is 78.9 Å². The van der Waals surface area contributed by atoms with Gasteiger partial charge in [-0.1, -0.05) is 72.8 Å². The number of benzene rings is 4. The van der Waals surface area contributed by atoms with E-state index in [1.165, 1.54) is 0 Å². The van der Waals surface area contributed by atoms with Crippen molar-refractivity contribution in [1.82, 2.24) is 10.8 Å². The molecule has 0 heterocycles. The molecule has 0 saturated heterocycles. The number of hydroxylamine groups is 1. The molecule has 3 N–H and O–H groups in total. The van der Waals surface area contributed by atoms with Gasteiger partial charge in [0, 0.05) is 6.54 Å².